The molecule has 1 saturated heterocycles. The van der Waals surface area contributed by atoms with Crippen LogP contribution in [0.3, 0.4) is 0 Å². The number of piperazine rings is 1. The van der Waals surface area contributed by atoms with Gasteiger partial charge in [0.25, 0.3) is 0 Å². The Balaban J connectivity index is 1.67. The molecule has 1 aromatic rings. The van der Waals surface area contributed by atoms with Crippen molar-refractivity contribution in [3.63, 3.8) is 0 Å². The van der Waals surface area contributed by atoms with Gasteiger partial charge in [-0.2, -0.15) is 0 Å². The molecule has 2 rings (SSSR count). The molecule has 0 bridgehead atoms. The predicted molar refractivity (Wildman–Crippen MR) is 82.4 cm³/mol. The maximum Gasteiger partial charge on any atom is 0.223 e. The lowest BCUT2D eigenvalue weighted by Gasteiger charge is -2.35. The number of anilines is 1. The highest BCUT2D eigenvalue weighted by Gasteiger charge is 2.21. The monoisotopic (exact) mass is 292 g/mol. The molecule has 0 unspecified atom stereocenters. The topological polar surface area (TPSA) is 57.7 Å². The highest BCUT2D eigenvalue weighted by molar-refractivity contribution is 5.76. The molecule has 0 spiro atoms. The van der Waals surface area contributed by atoms with E-state index in [0.717, 1.165) is 38.5 Å². The van der Waals surface area contributed by atoms with E-state index in [1.807, 2.05) is 23.1 Å². The van der Waals surface area contributed by atoms with Crippen molar-refractivity contribution >= 4 is 11.7 Å². The Morgan fingerprint density at radius 2 is 2.10 bits per heavy atom. The second-order valence-electron chi connectivity index (χ2n) is 5.05. The Morgan fingerprint density at radius 1 is 1.29 bits per heavy atom. The summed E-state index contributed by atoms with van der Waals surface area (Å²) in [6.45, 7) is 5.41. The molecule has 6 heteroatoms. The molecule has 0 radical (unpaired) electrons. The number of carbonyl (C=O) groups is 1. The average Bonchev–Trinajstić information content (AvgIpc) is 2.55. The standard InChI is InChI=1S/C15H24N4O2/c1-21-13-8-16-7-5-15(20)19-11-9-18(10-12-19)14-4-2-3-6-17-14/h2-4,6,16H,5,7-13H2,1H3. The van der Waals surface area contributed by atoms with Gasteiger partial charge in [-0.05, 0) is 12.1 Å². The van der Waals surface area contributed by atoms with Gasteiger partial charge in [-0.15, -0.1) is 0 Å². The summed E-state index contributed by atoms with van der Waals surface area (Å²) < 4.78 is 4.95. The lowest BCUT2D eigenvalue weighted by Crippen LogP contribution is -2.49. The van der Waals surface area contributed by atoms with E-state index in [1.54, 1.807) is 13.3 Å². The van der Waals surface area contributed by atoms with Crippen molar-refractivity contribution in [2.75, 3.05) is 57.9 Å². The van der Waals surface area contributed by atoms with Crippen LogP contribution < -0.4 is 10.2 Å². The van der Waals surface area contributed by atoms with Gasteiger partial charge in [-0.3, -0.25) is 4.79 Å². The summed E-state index contributed by atoms with van der Waals surface area (Å²) >= 11 is 0. The van der Waals surface area contributed by atoms with Crippen LogP contribution in [0, 0.1) is 0 Å². The molecular formula is C15H24N4O2. The van der Waals surface area contributed by atoms with Gasteiger partial charge in [0.1, 0.15) is 5.82 Å². The molecule has 1 aliphatic rings. The number of pyridine rings is 1. The average molecular weight is 292 g/mol. The van der Waals surface area contributed by atoms with Crippen molar-refractivity contribution in [2.24, 2.45) is 0 Å². The fourth-order valence-corrected chi connectivity index (χ4v) is 2.38. The second kappa shape index (κ2) is 8.59. The van der Waals surface area contributed by atoms with Gasteiger partial charge in [0.15, 0.2) is 0 Å². The van der Waals surface area contributed by atoms with Crippen molar-refractivity contribution < 1.29 is 9.53 Å². The summed E-state index contributed by atoms with van der Waals surface area (Å²) in [5.74, 6) is 1.21. The van der Waals surface area contributed by atoms with E-state index in [2.05, 4.69) is 15.2 Å². The Morgan fingerprint density at radius 3 is 2.76 bits per heavy atom. The van der Waals surface area contributed by atoms with Crippen LogP contribution in [0.25, 0.3) is 0 Å². The molecule has 0 atom stereocenters. The number of carbonyl (C=O) groups excluding carboxylic acids is 1. The van der Waals surface area contributed by atoms with Crippen LogP contribution in [0.5, 0.6) is 0 Å². The Hall–Kier alpha value is -1.66. The largest absolute Gasteiger partial charge is 0.383 e. The highest BCUT2D eigenvalue weighted by atomic mass is 16.5. The van der Waals surface area contributed by atoms with Gasteiger partial charge in [-0.25, -0.2) is 4.98 Å². The van der Waals surface area contributed by atoms with E-state index in [9.17, 15) is 4.79 Å². The van der Waals surface area contributed by atoms with E-state index in [4.69, 9.17) is 4.74 Å². The van der Waals surface area contributed by atoms with Gasteiger partial charge in [0.2, 0.25) is 5.91 Å². The molecule has 0 aromatic carbocycles. The van der Waals surface area contributed by atoms with Crippen LogP contribution in [0.2, 0.25) is 0 Å². The Kier molecular flexibility index (Phi) is 6.43. The minimum atomic E-state index is 0.223. The SMILES string of the molecule is COCCNCCC(=O)N1CCN(c2ccccn2)CC1. The third kappa shape index (κ3) is 4.99. The molecular weight excluding hydrogens is 268 g/mol. The first-order valence-corrected chi connectivity index (χ1v) is 7.44. The van der Waals surface area contributed by atoms with E-state index in [-0.39, 0.29) is 5.91 Å². The zero-order valence-electron chi connectivity index (χ0n) is 12.6. The highest BCUT2D eigenvalue weighted by Crippen LogP contribution is 2.12. The number of hydrogen-bond donors (Lipinski definition) is 1. The Bertz CT molecular complexity index is 419. The summed E-state index contributed by atoms with van der Waals surface area (Å²) in [4.78, 5) is 20.6. The first-order valence-electron chi connectivity index (χ1n) is 7.44. The van der Waals surface area contributed by atoms with E-state index >= 15 is 0 Å². The molecule has 0 aliphatic carbocycles. The van der Waals surface area contributed by atoms with Crippen LogP contribution in [0.4, 0.5) is 5.82 Å². The molecule has 1 aliphatic heterocycles. The quantitative estimate of drug-likeness (QED) is 0.735. The number of nitrogens with zero attached hydrogens (tertiary/aromatic N) is 3. The van der Waals surface area contributed by atoms with Crippen molar-refractivity contribution in [3.8, 4) is 0 Å². The fourth-order valence-electron chi connectivity index (χ4n) is 2.38. The van der Waals surface area contributed by atoms with Crippen LogP contribution in [0.15, 0.2) is 24.4 Å². The summed E-state index contributed by atoms with van der Waals surface area (Å²) in [5, 5.41) is 3.20. The van der Waals surface area contributed by atoms with Gasteiger partial charge >= 0.3 is 0 Å². The number of nitrogens with one attached hydrogen (secondary N) is 1. The third-order valence-corrected chi connectivity index (χ3v) is 3.60. The van der Waals surface area contributed by atoms with E-state index in [1.165, 1.54) is 0 Å². The van der Waals surface area contributed by atoms with Crippen molar-refractivity contribution in [2.45, 2.75) is 6.42 Å². The number of rotatable bonds is 7. The van der Waals surface area contributed by atoms with Crippen molar-refractivity contribution in [3.05, 3.63) is 24.4 Å². The first kappa shape index (κ1) is 15.7. The van der Waals surface area contributed by atoms with Crippen molar-refractivity contribution in [1.29, 1.82) is 0 Å². The predicted octanol–water partition coefficient (Wildman–Crippen LogP) is 0.356. The zero-order chi connectivity index (χ0) is 14.9. The molecule has 1 amide bonds. The lowest BCUT2D eigenvalue weighted by molar-refractivity contribution is -0.131. The summed E-state index contributed by atoms with van der Waals surface area (Å²) in [7, 11) is 1.67. The first-order chi connectivity index (χ1) is 10.3. The molecule has 1 N–H and O–H groups in total. The molecule has 1 fully saturated rings. The van der Waals surface area contributed by atoms with Gasteiger partial charge in [-0.1, -0.05) is 6.07 Å². The summed E-state index contributed by atoms with van der Waals surface area (Å²) in [6, 6.07) is 5.92. The molecule has 2 heterocycles. The van der Waals surface area contributed by atoms with Gasteiger partial charge in [0.05, 0.1) is 6.61 Å². The second-order valence-corrected chi connectivity index (χ2v) is 5.05. The molecule has 116 valence electrons. The van der Waals surface area contributed by atoms with E-state index < -0.39 is 0 Å². The molecule has 0 saturated carbocycles. The van der Waals surface area contributed by atoms with Crippen LogP contribution in [-0.4, -0.2) is 68.8 Å². The number of hydrogen-bond acceptors (Lipinski definition) is 5. The smallest absolute Gasteiger partial charge is 0.223 e. The van der Waals surface area contributed by atoms with Gasteiger partial charge in [0, 0.05) is 59.0 Å². The lowest BCUT2D eigenvalue weighted by atomic mass is 10.2. The van der Waals surface area contributed by atoms with Crippen molar-refractivity contribution in [1.82, 2.24) is 15.2 Å². The minimum absolute atomic E-state index is 0.223. The normalized spacial score (nSPS) is 15.3. The third-order valence-electron chi connectivity index (χ3n) is 3.60. The Labute approximate surface area is 126 Å². The zero-order valence-corrected chi connectivity index (χ0v) is 12.6. The van der Waals surface area contributed by atoms with Crippen LogP contribution in [0.1, 0.15) is 6.42 Å². The maximum absolute atomic E-state index is 12.1. The van der Waals surface area contributed by atoms with E-state index in [0.29, 0.717) is 19.6 Å². The molecule has 21 heavy (non-hydrogen) atoms. The minimum Gasteiger partial charge on any atom is -0.383 e. The summed E-state index contributed by atoms with van der Waals surface area (Å²) in [6.07, 6.45) is 2.35. The summed E-state index contributed by atoms with van der Waals surface area (Å²) in [5.41, 5.74) is 0. The number of methoxy groups -OCH3 is 1. The number of aromatic nitrogens is 1. The number of amides is 1. The van der Waals surface area contributed by atoms with Crippen LogP contribution in [-0.2, 0) is 9.53 Å². The molecule has 6 nitrogen and oxygen atoms in total. The molecule has 1 aromatic heterocycles. The van der Waals surface area contributed by atoms with Gasteiger partial charge < -0.3 is 19.9 Å². The fraction of sp³-hybridized carbons (Fsp3) is 0.600. The number of ether oxygens (including phenoxy) is 1. The maximum atomic E-state index is 12.1. The van der Waals surface area contributed by atoms with Crippen LogP contribution >= 0.6 is 0 Å².